The predicted octanol–water partition coefficient (Wildman–Crippen LogP) is 3.90. The average molecular weight is 563 g/mol. The minimum absolute atomic E-state index is 0.313. The van der Waals surface area contributed by atoms with Gasteiger partial charge in [0.25, 0.3) is 0 Å². The van der Waals surface area contributed by atoms with Crippen molar-refractivity contribution in [2.24, 2.45) is 0 Å². The summed E-state index contributed by atoms with van der Waals surface area (Å²) in [5.74, 6) is 0.754. The number of halogens is 1. The molecule has 0 aliphatic carbocycles. The second kappa shape index (κ2) is 13.8. The molecule has 216 valence electrons. The second-order valence-electron chi connectivity index (χ2n) is 10.1. The molecule has 4 aromatic rings. The molecule has 0 bridgehead atoms. The van der Waals surface area contributed by atoms with E-state index < -0.39 is 12.0 Å². The number of aliphatic carboxylic acids is 1. The summed E-state index contributed by atoms with van der Waals surface area (Å²) in [4.78, 5) is 27.4. The fourth-order valence-electron chi connectivity index (χ4n) is 4.92. The number of ether oxygens (including phenoxy) is 1. The molecule has 0 unspecified atom stereocenters. The zero-order valence-electron chi connectivity index (χ0n) is 22.9. The van der Waals surface area contributed by atoms with Crippen LogP contribution in [0.4, 0.5) is 16.0 Å². The molecule has 0 saturated carbocycles. The first-order valence-electron chi connectivity index (χ1n) is 14.0. The number of anilines is 2. The Labute approximate surface area is 237 Å². The SMILES string of the molecule is O=C(O)[C@H](CCN(CCCCc1ccc2c(n1)NCCC2)CCOc1ccc(F)cc1)Nc1ncnc2[nH]ncc12. The van der Waals surface area contributed by atoms with Crippen molar-refractivity contribution in [2.75, 3.05) is 43.4 Å². The second-order valence-corrected chi connectivity index (χ2v) is 10.1. The molecule has 0 amide bonds. The molecule has 0 fully saturated rings. The van der Waals surface area contributed by atoms with Crippen molar-refractivity contribution in [3.63, 3.8) is 0 Å². The standard InChI is InChI=1S/C29H35FN8O3/c30-21-7-10-23(11-8-21)41-17-16-38(14-2-1-5-22-9-6-20-4-3-13-31-26(20)35-22)15-12-25(29(39)40)36-27-24-18-34-37-28(24)33-19-32-27/h6-11,18-19,25H,1-5,12-17H2,(H,31,35)(H,39,40)(H2,32,33,34,36,37)/t25-/m0/s1. The van der Waals surface area contributed by atoms with Gasteiger partial charge in [-0.2, -0.15) is 5.10 Å². The van der Waals surface area contributed by atoms with Crippen LogP contribution in [0.3, 0.4) is 0 Å². The van der Waals surface area contributed by atoms with Crippen LogP contribution >= 0.6 is 0 Å². The molecule has 0 radical (unpaired) electrons. The van der Waals surface area contributed by atoms with Crippen molar-refractivity contribution >= 4 is 28.6 Å². The normalized spacial score (nSPS) is 13.5. The summed E-state index contributed by atoms with van der Waals surface area (Å²) >= 11 is 0. The van der Waals surface area contributed by atoms with Gasteiger partial charge in [0.05, 0.1) is 11.6 Å². The molecular weight excluding hydrogens is 527 g/mol. The highest BCUT2D eigenvalue weighted by Gasteiger charge is 2.21. The number of pyridine rings is 1. The minimum atomic E-state index is -0.963. The summed E-state index contributed by atoms with van der Waals surface area (Å²) in [6.45, 7) is 3.29. The summed E-state index contributed by atoms with van der Waals surface area (Å²) in [6, 6.07) is 9.38. The summed E-state index contributed by atoms with van der Waals surface area (Å²) in [7, 11) is 0. The first-order chi connectivity index (χ1) is 20.0. The molecule has 41 heavy (non-hydrogen) atoms. The van der Waals surface area contributed by atoms with E-state index >= 15 is 0 Å². The van der Waals surface area contributed by atoms with Crippen LogP contribution < -0.4 is 15.4 Å². The van der Waals surface area contributed by atoms with E-state index in [0.29, 0.717) is 48.7 Å². The Kier molecular flexibility index (Phi) is 9.53. The van der Waals surface area contributed by atoms with Crippen molar-refractivity contribution in [3.05, 3.63) is 66.0 Å². The Morgan fingerprint density at radius 3 is 2.85 bits per heavy atom. The summed E-state index contributed by atoms with van der Waals surface area (Å²) in [5, 5.41) is 23.7. The van der Waals surface area contributed by atoms with Crippen LogP contribution in [0, 0.1) is 5.82 Å². The fourth-order valence-corrected chi connectivity index (χ4v) is 4.92. The molecule has 3 aromatic heterocycles. The van der Waals surface area contributed by atoms with E-state index in [1.54, 1.807) is 18.3 Å². The summed E-state index contributed by atoms with van der Waals surface area (Å²) < 4.78 is 19.1. The van der Waals surface area contributed by atoms with Gasteiger partial charge in [-0.05, 0) is 81.0 Å². The zero-order valence-corrected chi connectivity index (χ0v) is 22.9. The summed E-state index contributed by atoms with van der Waals surface area (Å²) in [6.07, 6.45) is 8.27. The van der Waals surface area contributed by atoms with E-state index in [4.69, 9.17) is 9.72 Å². The Morgan fingerprint density at radius 1 is 1.12 bits per heavy atom. The number of unbranched alkanes of at least 4 members (excludes halogenated alkanes) is 1. The molecule has 5 rings (SSSR count). The van der Waals surface area contributed by atoms with Gasteiger partial charge in [0.2, 0.25) is 0 Å². The van der Waals surface area contributed by atoms with Gasteiger partial charge in [-0.1, -0.05) is 6.07 Å². The van der Waals surface area contributed by atoms with Crippen LogP contribution in [0.1, 0.15) is 36.9 Å². The molecule has 1 aromatic carbocycles. The molecule has 4 N–H and O–H groups in total. The monoisotopic (exact) mass is 562 g/mol. The number of benzene rings is 1. The van der Waals surface area contributed by atoms with Gasteiger partial charge in [0.15, 0.2) is 5.65 Å². The van der Waals surface area contributed by atoms with E-state index in [1.807, 2.05) is 0 Å². The number of carbonyl (C=O) groups is 1. The highest BCUT2D eigenvalue weighted by Crippen LogP contribution is 2.21. The van der Waals surface area contributed by atoms with Gasteiger partial charge < -0.3 is 20.5 Å². The van der Waals surface area contributed by atoms with Crippen molar-refractivity contribution in [2.45, 2.75) is 44.6 Å². The number of H-pyrrole nitrogens is 1. The van der Waals surface area contributed by atoms with Gasteiger partial charge in [-0.25, -0.2) is 24.1 Å². The number of nitrogens with zero attached hydrogens (tertiary/aromatic N) is 5. The number of carboxylic acids is 1. The van der Waals surface area contributed by atoms with Crippen LogP contribution in [0.15, 0.2) is 48.9 Å². The maximum atomic E-state index is 13.2. The van der Waals surface area contributed by atoms with Crippen molar-refractivity contribution in [1.82, 2.24) is 30.0 Å². The van der Waals surface area contributed by atoms with Crippen LogP contribution in [0.5, 0.6) is 5.75 Å². The lowest BCUT2D eigenvalue weighted by molar-refractivity contribution is -0.138. The third kappa shape index (κ3) is 7.88. The number of fused-ring (bicyclic) bond motifs is 2. The quantitative estimate of drug-likeness (QED) is 0.158. The maximum Gasteiger partial charge on any atom is 0.326 e. The van der Waals surface area contributed by atoms with Gasteiger partial charge in [0.1, 0.15) is 42.2 Å². The minimum Gasteiger partial charge on any atom is -0.492 e. The lowest BCUT2D eigenvalue weighted by Gasteiger charge is -2.25. The van der Waals surface area contributed by atoms with Crippen LogP contribution in [-0.4, -0.2) is 80.0 Å². The first-order valence-corrected chi connectivity index (χ1v) is 14.0. The van der Waals surface area contributed by atoms with E-state index in [9.17, 15) is 14.3 Å². The van der Waals surface area contributed by atoms with E-state index in [2.05, 4.69) is 47.8 Å². The molecule has 1 atom stereocenters. The van der Waals surface area contributed by atoms with E-state index in [1.165, 1.54) is 24.0 Å². The lowest BCUT2D eigenvalue weighted by atomic mass is 10.1. The Morgan fingerprint density at radius 2 is 2.00 bits per heavy atom. The van der Waals surface area contributed by atoms with Gasteiger partial charge in [-0.3, -0.25) is 10.00 Å². The highest BCUT2D eigenvalue weighted by atomic mass is 19.1. The molecule has 1 aliphatic rings. The number of hydrogen-bond donors (Lipinski definition) is 4. The van der Waals surface area contributed by atoms with E-state index in [-0.39, 0.29) is 5.82 Å². The maximum absolute atomic E-state index is 13.2. The van der Waals surface area contributed by atoms with Gasteiger partial charge >= 0.3 is 5.97 Å². The Hall–Kier alpha value is -4.32. The largest absolute Gasteiger partial charge is 0.492 e. The van der Waals surface area contributed by atoms with Gasteiger partial charge in [-0.15, -0.1) is 0 Å². The Bertz CT molecular complexity index is 1430. The molecule has 0 spiro atoms. The number of rotatable bonds is 15. The highest BCUT2D eigenvalue weighted by molar-refractivity contribution is 5.88. The number of nitrogens with one attached hydrogen (secondary N) is 3. The molecule has 11 nitrogen and oxygen atoms in total. The van der Waals surface area contributed by atoms with Crippen molar-refractivity contribution in [1.29, 1.82) is 0 Å². The van der Waals surface area contributed by atoms with Crippen molar-refractivity contribution < 1.29 is 19.0 Å². The predicted molar refractivity (Wildman–Crippen MR) is 154 cm³/mol. The van der Waals surface area contributed by atoms with E-state index in [0.717, 1.165) is 56.7 Å². The molecular formula is C29H35FN8O3. The fraction of sp³-hybridized carbons (Fsp3) is 0.414. The first kappa shape index (κ1) is 28.2. The summed E-state index contributed by atoms with van der Waals surface area (Å²) in [5.41, 5.74) is 2.90. The third-order valence-electron chi connectivity index (χ3n) is 7.19. The molecule has 4 heterocycles. The zero-order chi connectivity index (χ0) is 28.4. The molecule has 12 heteroatoms. The average Bonchev–Trinajstić information content (AvgIpc) is 3.47. The number of aryl methyl sites for hydroxylation is 2. The lowest BCUT2D eigenvalue weighted by Crippen LogP contribution is -2.37. The van der Waals surface area contributed by atoms with Crippen molar-refractivity contribution in [3.8, 4) is 5.75 Å². The van der Waals surface area contributed by atoms with Crippen LogP contribution in [0.2, 0.25) is 0 Å². The smallest absolute Gasteiger partial charge is 0.326 e. The van der Waals surface area contributed by atoms with Gasteiger partial charge in [0, 0.05) is 25.3 Å². The number of carboxylic acid groups (broad SMARTS) is 1. The molecule has 1 aliphatic heterocycles. The number of hydrogen-bond acceptors (Lipinski definition) is 9. The topological polar surface area (TPSA) is 141 Å². The Balaban J connectivity index is 1.16. The third-order valence-corrected chi connectivity index (χ3v) is 7.19. The van der Waals surface area contributed by atoms with Crippen LogP contribution in [-0.2, 0) is 17.6 Å². The number of aromatic amines is 1. The molecule has 0 saturated heterocycles. The van der Waals surface area contributed by atoms with Crippen LogP contribution in [0.25, 0.3) is 11.0 Å². The number of aromatic nitrogens is 5.